The van der Waals surface area contributed by atoms with Crippen LogP contribution in [0.15, 0.2) is 0 Å². The Hall–Kier alpha value is -1.30. The average Bonchev–Trinajstić information content (AvgIpc) is 2.26. The topological polar surface area (TPSA) is 76.7 Å². The molecule has 20 heavy (non-hydrogen) atoms. The lowest BCUT2D eigenvalue weighted by molar-refractivity contribution is -0.125. The van der Waals surface area contributed by atoms with E-state index >= 15 is 0 Å². The van der Waals surface area contributed by atoms with Gasteiger partial charge in [-0.1, -0.05) is 19.3 Å². The molecule has 1 saturated carbocycles. The van der Waals surface area contributed by atoms with Crippen LogP contribution in [0.2, 0.25) is 0 Å². The van der Waals surface area contributed by atoms with Gasteiger partial charge < -0.3 is 20.1 Å². The van der Waals surface area contributed by atoms with E-state index in [9.17, 15) is 9.59 Å². The monoisotopic (exact) mass is 286 g/mol. The maximum Gasteiger partial charge on any atom is 0.408 e. The van der Waals surface area contributed by atoms with Gasteiger partial charge in [0.15, 0.2) is 0 Å². The van der Waals surface area contributed by atoms with Crippen LogP contribution in [-0.2, 0) is 14.3 Å². The van der Waals surface area contributed by atoms with Crippen molar-refractivity contribution in [1.29, 1.82) is 0 Å². The summed E-state index contributed by atoms with van der Waals surface area (Å²) >= 11 is 0. The summed E-state index contributed by atoms with van der Waals surface area (Å²) in [6, 6.07) is -0.565. The van der Waals surface area contributed by atoms with Crippen molar-refractivity contribution in [2.75, 3.05) is 13.8 Å². The molecule has 116 valence electrons. The van der Waals surface area contributed by atoms with Gasteiger partial charge in [-0.25, -0.2) is 4.79 Å². The van der Waals surface area contributed by atoms with Gasteiger partial charge in [0.25, 0.3) is 0 Å². The van der Waals surface area contributed by atoms with Gasteiger partial charge in [-0.3, -0.25) is 4.79 Å². The number of ether oxygens (including phenoxy) is 2. The minimum atomic E-state index is -0.575. The number of amides is 2. The first-order valence-electron chi connectivity index (χ1n) is 7.08. The van der Waals surface area contributed by atoms with Crippen LogP contribution in [0.3, 0.4) is 0 Å². The molecule has 1 aliphatic rings. The number of methoxy groups -OCH3 is 1. The summed E-state index contributed by atoms with van der Waals surface area (Å²) in [5.41, 5.74) is -0.575. The molecule has 2 N–H and O–H groups in total. The summed E-state index contributed by atoms with van der Waals surface area (Å²) in [5.74, 6) is 0.271. The summed E-state index contributed by atoms with van der Waals surface area (Å²) in [7, 11) is 1.50. The van der Waals surface area contributed by atoms with E-state index in [1.165, 1.54) is 13.5 Å². The molecule has 0 saturated heterocycles. The Morgan fingerprint density at radius 2 is 1.95 bits per heavy atom. The van der Waals surface area contributed by atoms with E-state index in [4.69, 9.17) is 9.47 Å². The molecular formula is C14H26N2O4. The van der Waals surface area contributed by atoms with E-state index < -0.39 is 17.7 Å². The summed E-state index contributed by atoms with van der Waals surface area (Å²) in [6.45, 7) is 5.51. The molecule has 0 bridgehead atoms. The minimum absolute atomic E-state index is 0.135. The van der Waals surface area contributed by atoms with Gasteiger partial charge in [-0.15, -0.1) is 0 Å². The molecule has 0 aromatic rings. The number of hydrogen-bond donors (Lipinski definition) is 2. The second kappa shape index (κ2) is 7.47. The zero-order chi connectivity index (χ0) is 15.2. The van der Waals surface area contributed by atoms with E-state index in [2.05, 4.69) is 10.6 Å². The second-order valence-electron chi connectivity index (χ2n) is 6.21. The van der Waals surface area contributed by atoms with Crippen LogP contribution in [0.5, 0.6) is 0 Å². The zero-order valence-electron chi connectivity index (χ0n) is 12.8. The third kappa shape index (κ3) is 6.23. The van der Waals surface area contributed by atoms with E-state index in [1.807, 2.05) is 0 Å². The van der Waals surface area contributed by atoms with Crippen LogP contribution in [0.25, 0.3) is 0 Å². The molecule has 0 heterocycles. The quantitative estimate of drug-likeness (QED) is 0.730. The molecule has 0 aromatic heterocycles. The van der Waals surface area contributed by atoms with E-state index in [0.717, 1.165) is 12.8 Å². The van der Waals surface area contributed by atoms with Gasteiger partial charge in [-0.2, -0.15) is 0 Å². The third-order valence-electron chi connectivity index (χ3n) is 3.19. The average molecular weight is 286 g/mol. The van der Waals surface area contributed by atoms with Gasteiger partial charge in [-0.05, 0) is 33.1 Å². The molecule has 1 fully saturated rings. The van der Waals surface area contributed by atoms with Crippen molar-refractivity contribution in [1.82, 2.24) is 10.6 Å². The van der Waals surface area contributed by atoms with Gasteiger partial charge in [0, 0.05) is 7.11 Å². The summed E-state index contributed by atoms with van der Waals surface area (Å²) in [4.78, 5) is 23.8. The van der Waals surface area contributed by atoms with Crippen molar-refractivity contribution in [3.8, 4) is 0 Å². The van der Waals surface area contributed by atoms with E-state index in [1.54, 1.807) is 20.8 Å². The largest absolute Gasteiger partial charge is 0.444 e. The molecule has 1 aliphatic carbocycles. The third-order valence-corrected chi connectivity index (χ3v) is 3.19. The molecule has 0 aliphatic heterocycles. The molecule has 2 amide bonds. The van der Waals surface area contributed by atoms with Crippen molar-refractivity contribution in [2.45, 2.75) is 58.1 Å². The zero-order valence-corrected chi connectivity index (χ0v) is 12.8. The Kier molecular flexibility index (Phi) is 6.26. The fraction of sp³-hybridized carbons (Fsp3) is 0.857. The van der Waals surface area contributed by atoms with Crippen LogP contribution < -0.4 is 10.6 Å². The molecule has 6 heteroatoms. The molecule has 1 atom stereocenters. The summed E-state index contributed by atoms with van der Waals surface area (Å²) in [6.07, 6.45) is 3.52. The highest BCUT2D eigenvalue weighted by Crippen LogP contribution is 2.30. The van der Waals surface area contributed by atoms with Crippen molar-refractivity contribution >= 4 is 12.0 Å². The number of alkyl carbamates (subject to hydrolysis) is 1. The lowest BCUT2D eigenvalue weighted by Gasteiger charge is -2.30. The SMILES string of the molecule is COCNC(=O)[C@H](CC1CCC1)NC(=O)OC(C)(C)C. The van der Waals surface area contributed by atoms with Crippen LogP contribution in [0.4, 0.5) is 4.79 Å². The summed E-state index contributed by atoms with van der Waals surface area (Å²) < 4.78 is 10.0. The Morgan fingerprint density at radius 3 is 2.40 bits per heavy atom. The maximum atomic E-state index is 12.0. The first-order valence-corrected chi connectivity index (χ1v) is 7.08. The highest BCUT2D eigenvalue weighted by atomic mass is 16.6. The van der Waals surface area contributed by atoms with Gasteiger partial charge in [0.1, 0.15) is 18.4 Å². The molecule has 6 nitrogen and oxygen atoms in total. The number of hydrogen-bond acceptors (Lipinski definition) is 4. The normalized spacial score (nSPS) is 17.0. The molecule has 0 radical (unpaired) electrons. The van der Waals surface area contributed by atoms with Gasteiger partial charge in [0.05, 0.1) is 0 Å². The minimum Gasteiger partial charge on any atom is -0.444 e. The Balaban J connectivity index is 2.52. The van der Waals surface area contributed by atoms with Crippen LogP contribution in [0.1, 0.15) is 46.5 Å². The molecular weight excluding hydrogens is 260 g/mol. The van der Waals surface area contributed by atoms with Crippen LogP contribution in [0, 0.1) is 5.92 Å². The van der Waals surface area contributed by atoms with Crippen LogP contribution >= 0.6 is 0 Å². The highest BCUT2D eigenvalue weighted by Gasteiger charge is 2.29. The van der Waals surface area contributed by atoms with Crippen molar-refractivity contribution in [3.63, 3.8) is 0 Å². The fourth-order valence-electron chi connectivity index (χ4n) is 2.01. The Labute approximate surface area is 120 Å². The van der Waals surface area contributed by atoms with E-state index in [0.29, 0.717) is 12.3 Å². The number of nitrogens with one attached hydrogen (secondary N) is 2. The maximum absolute atomic E-state index is 12.0. The lowest BCUT2D eigenvalue weighted by atomic mass is 9.80. The predicted octanol–water partition coefficient (Wildman–Crippen LogP) is 1.79. The first-order chi connectivity index (χ1) is 9.31. The van der Waals surface area contributed by atoms with Crippen molar-refractivity contribution in [3.05, 3.63) is 0 Å². The fourth-order valence-corrected chi connectivity index (χ4v) is 2.01. The van der Waals surface area contributed by atoms with Gasteiger partial charge >= 0.3 is 6.09 Å². The highest BCUT2D eigenvalue weighted by molar-refractivity contribution is 5.85. The van der Waals surface area contributed by atoms with Crippen LogP contribution in [-0.4, -0.2) is 37.5 Å². The van der Waals surface area contributed by atoms with Gasteiger partial charge in [0.2, 0.25) is 5.91 Å². The molecule has 0 unspecified atom stereocenters. The number of rotatable bonds is 6. The number of carbonyl (C=O) groups is 2. The lowest BCUT2D eigenvalue weighted by Crippen LogP contribution is -2.49. The Bertz CT molecular complexity index is 335. The second-order valence-corrected chi connectivity index (χ2v) is 6.21. The first kappa shape index (κ1) is 16.8. The summed E-state index contributed by atoms with van der Waals surface area (Å²) in [5, 5.41) is 5.28. The standard InChI is InChI=1S/C14H26N2O4/c1-14(2,3)20-13(18)16-11(8-10-6-5-7-10)12(17)15-9-19-4/h10-11H,5-9H2,1-4H3,(H,15,17)(H,16,18)/t11-/m0/s1. The Morgan fingerprint density at radius 1 is 1.30 bits per heavy atom. The molecule has 0 aromatic carbocycles. The predicted molar refractivity (Wildman–Crippen MR) is 75.1 cm³/mol. The molecule has 1 rings (SSSR count). The van der Waals surface area contributed by atoms with E-state index in [-0.39, 0.29) is 12.6 Å². The number of carbonyl (C=O) groups excluding carboxylic acids is 2. The smallest absolute Gasteiger partial charge is 0.408 e. The van der Waals surface area contributed by atoms with Crippen molar-refractivity contribution < 1.29 is 19.1 Å². The molecule has 0 spiro atoms. The van der Waals surface area contributed by atoms with Crippen molar-refractivity contribution in [2.24, 2.45) is 5.92 Å².